The summed E-state index contributed by atoms with van der Waals surface area (Å²) in [6, 6.07) is 15.8. The second-order valence-corrected chi connectivity index (χ2v) is 5.53. The van der Waals surface area contributed by atoms with Gasteiger partial charge >= 0.3 is 0 Å². The van der Waals surface area contributed by atoms with Gasteiger partial charge in [-0.3, -0.25) is 0 Å². The van der Waals surface area contributed by atoms with Gasteiger partial charge in [-0.05, 0) is 54.6 Å². The molecular weight excluding hydrogens is 218 g/mol. The molecule has 0 spiro atoms. The third-order valence-electron chi connectivity index (χ3n) is 4.21. The van der Waals surface area contributed by atoms with Gasteiger partial charge in [-0.25, -0.2) is 0 Å². The van der Waals surface area contributed by atoms with Crippen molar-refractivity contribution in [2.45, 2.75) is 32.2 Å². The van der Waals surface area contributed by atoms with Crippen LogP contribution in [0.2, 0.25) is 0 Å². The van der Waals surface area contributed by atoms with Gasteiger partial charge in [0.1, 0.15) is 0 Å². The van der Waals surface area contributed by atoms with Crippen molar-refractivity contribution in [2.24, 2.45) is 5.92 Å². The van der Waals surface area contributed by atoms with Crippen molar-refractivity contribution in [3.8, 4) is 0 Å². The van der Waals surface area contributed by atoms with Crippen LogP contribution in [0.4, 0.5) is 0 Å². The molecule has 1 nitrogen and oxygen atoms in total. The highest BCUT2D eigenvalue weighted by Crippen LogP contribution is 2.26. The van der Waals surface area contributed by atoms with Gasteiger partial charge in [0.25, 0.3) is 0 Å². The van der Waals surface area contributed by atoms with Crippen molar-refractivity contribution in [2.75, 3.05) is 6.54 Å². The van der Waals surface area contributed by atoms with E-state index < -0.39 is 0 Å². The van der Waals surface area contributed by atoms with E-state index in [-0.39, 0.29) is 0 Å². The van der Waals surface area contributed by atoms with Crippen LogP contribution in [-0.2, 0) is 0 Å². The van der Waals surface area contributed by atoms with Gasteiger partial charge in [-0.15, -0.1) is 0 Å². The summed E-state index contributed by atoms with van der Waals surface area (Å²) in [6.45, 7) is 3.44. The van der Waals surface area contributed by atoms with Crippen molar-refractivity contribution < 1.29 is 0 Å². The Morgan fingerprint density at radius 2 is 1.89 bits per heavy atom. The van der Waals surface area contributed by atoms with Crippen molar-refractivity contribution in [1.82, 2.24) is 5.32 Å². The fourth-order valence-electron chi connectivity index (χ4n) is 2.64. The minimum absolute atomic E-state index is 0.454. The van der Waals surface area contributed by atoms with Gasteiger partial charge in [0.2, 0.25) is 0 Å². The maximum Gasteiger partial charge on any atom is 0.0292 e. The summed E-state index contributed by atoms with van der Waals surface area (Å²) in [5, 5.41) is 6.33. The fourth-order valence-corrected chi connectivity index (χ4v) is 2.64. The Hall–Kier alpha value is -1.34. The molecule has 1 saturated carbocycles. The molecule has 1 N–H and O–H groups in total. The quantitative estimate of drug-likeness (QED) is 0.839. The molecule has 94 valence electrons. The van der Waals surface area contributed by atoms with Crippen LogP contribution in [0, 0.1) is 5.92 Å². The highest BCUT2D eigenvalue weighted by molar-refractivity contribution is 5.83. The molecule has 1 aliphatic rings. The highest BCUT2D eigenvalue weighted by Gasteiger charge is 2.17. The topological polar surface area (TPSA) is 12.0 Å². The Balaban J connectivity index is 1.71. The van der Waals surface area contributed by atoms with E-state index in [4.69, 9.17) is 0 Å². The molecule has 0 heterocycles. The molecule has 0 saturated heterocycles. The summed E-state index contributed by atoms with van der Waals surface area (Å²) in [4.78, 5) is 0. The summed E-state index contributed by atoms with van der Waals surface area (Å²) in [5.41, 5.74) is 1.40. The lowest BCUT2D eigenvalue weighted by Crippen LogP contribution is -2.29. The minimum Gasteiger partial charge on any atom is -0.310 e. The first-order valence-electron chi connectivity index (χ1n) is 7.05. The Morgan fingerprint density at radius 1 is 1.11 bits per heavy atom. The lowest BCUT2D eigenvalue weighted by molar-refractivity contribution is 0.292. The van der Waals surface area contributed by atoms with Crippen LogP contribution in [0.15, 0.2) is 42.5 Å². The van der Waals surface area contributed by atoms with E-state index in [1.165, 1.54) is 42.1 Å². The molecule has 3 rings (SSSR count). The molecule has 0 aromatic heterocycles. The van der Waals surface area contributed by atoms with E-state index >= 15 is 0 Å². The average Bonchev–Trinajstić information content (AvgIpc) is 2.36. The van der Waals surface area contributed by atoms with E-state index in [2.05, 4.69) is 54.7 Å². The second-order valence-electron chi connectivity index (χ2n) is 5.53. The zero-order valence-electron chi connectivity index (χ0n) is 11.0. The summed E-state index contributed by atoms with van der Waals surface area (Å²) >= 11 is 0. The number of fused-ring (bicyclic) bond motifs is 1. The van der Waals surface area contributed by atoms with Crippen molar-refractivity contribution in [3.63, 3.8) is 0 Å². The van der Waals surface area contributed by atoms with E-state index in [0.29, 0.717) is 6.04 Å². The number of benzene rings is 2. The maximum absolute atomic E-state index is 3.67. The SMILES string of the molecule is CC(NCC1CCC1)c1ccc2ccccc2c1. The fraction of sp³-hybridized carbons (Fsp3) is 0.412. The standard InChI is InChI=1S/C17H21N/c1-13(18-12-14-5-4-6-14)16-10-9-15-7-2-3-8-17(15)11-16/h2-3,7-11,13-14,18H,4-6,12H2,1H3. The average molecular weight is 239 g/mol. The van der Waals surface area contributed by atoms with Crippen LogP contribution in [0.25, 0.3) is 10.8 Å². The number of hydrogen-bond donors (Lipinski definition) is 1. The molecule has 0 bridgehead atoms. The number of nitrogens with one attached hydrogen (secondary N) is 1. The molecule has 0 amide bonds. The maximum atomic E-state index is 3.67. The van der Waals surface area contributed by atoms with Gasteiger partial charge in [0, 0.05) is 6.04 Å². The van der Waals surface area contributed by atoms with Gasteiger partial charge in [0.15, 0.2) is 0 Å². The summed E-state index contributed by atoms with van der Waals surface area (Å²) in [6.07, 6.45) is 4.26. The van der Waals surface area contributed by atoms with Crippen molar-refractivity contribution >= 4 is 10.8 Å². The molecule has 1 aliphatic carbocycles. The number of hydrogen-bond acceptors (Lipinski definition) is 1. The zero-order chi connectivity index (χ0) is 12.4. The zero-order valence-corrected chi connectivity index (χ0v) is 11.0. The van der Waals surface area contributed by atoms with E-state index in [9.17, 15) is 0 Å². The predicted octanol–water partition coefficient (Wildman–Crippen LogP) is 4.29. The van der Waals surface area contributed by atoms with Gasteiger partial charge in [-0.2, -0.15) is 0 Å². The number of rotatable bonds is 4. The molecule has 2 aromatic carbocycles. The monoisotopic (exact) mass is 239 g/mol. The Morgan fingerprint density at radius 3 is 2.61 bits per heavy atom. The van der Waals surface area contributed by atoms with Crippen LogP contribution in [0.3, 0.4) is 0 Å². The van der Waals surface area contributed by atoms with Crippen LogP contribution < -0.4 is 5.32 Å². The predicted molar refractivity (Wildman–Crippen MR) is 77.7 cm³/mol. The second kappa shape index (κ2) is 5.11. The molecule has 1 heteroatoms. The Labute approximate surface area is 109 Å². The largest absolute Gasteiger partial charge is 0.310 e. The van der Waals surface area contributed by atoms with Crippen LogP contribution >= 0.6 is 0 Å². The first kappa shape index (κ1) is 11.7. The molecule has 1 atom stereocenters. The van der Waals surface area contributed by atoms with Crippen LogP contribution in [0.1, 0.15) is 37.8 Å². The summed E-state index contributed by atoms with van der Waals surface area (Å²) < 4.78 is 0. The van der Waals surface area contributed by atoms with Crippen LogP contribution in [-0.4, -0.2) is 6.54 Å². The summed E-state index contributed by atoms with van der Waals surface area (Å²) in [7, 11) is 0. The lowest BCUT2D eigenvalue weighted by atomic mass is 9.85. The molecule has 18 heavy (non-hydrogen) atoms. The van der Waals surface area contributed by atoms with E-state index in [0.717, 1.165) is 5.92 Å². The first-order valence-corrected chi connectivity index (χ1v) is 7.05. The third-order valence-corrected chi connectivity index (χ3v) is 4.21. The third kappa shape index (κ3) is 2.41. The molecule has 0 radical (unpaired) electrons. The van der Waals surface area contributed by atoms with Gasteiger partial charge in [0.05, 0.1) is 0 Å². The Kier molecular flexibility index (Phi) is 3.33. The van der Waals surface area contributed by atoms with Gasteiger partial charge < -0.3 is 5.32 Å². The molecular formula is C17H21N. The van der Waals surface area contributed by atoms with Crippen LogP contribution in [0.5, 0.6) is 0 Å². The molecule has 0 aliphatic heterocycles. The minimum atomic E-state index is 0.454. The lowest BCUT2D eigenvalue weighted by Gasteiger charge is -2.27. The molecule has 1 unspecified atom stereocenters. The van der Waals surface area contributed by atoms with E-state index in [1.807, 2.05) is 0 Å². The first-order chi connectivity index (χ1) is 8.83. The van der Waals surface area contributed by atoms with E-state index in [1.54, 1.807) is 0 Å². The normalized spacial score (nSPS) is 17.6. The van der Waals surface area contributed by atoms with Crippen molar-refractivity contribution in [3.05, 3.63) is 48.0 Å². The Bertz CT molecular complexity index is 528. The highest BCUT2D eigenvalue weighted by atomic mass is 14.9. The smallest absolute Gasteiger partial charge is 0.0292 e. The summed E-state index contributed by atoms with van der Waals surface area (Å²) in [5.74, 6) is 0.924. The van der Waals surface area contributed by atoms with Gasteiger partial charge in [-0.1, -0.05) is 42.8 Å². The molecule has 2 aromatic rings. The van der Waals surface area contributed by atoms with Crippen molar-refractivity contribution in [1.29, 1.82) is 0 Å². The molecule has 1 fully saturated rings.